The van der Waals surface area contributed by atoms with Crippen LogP contribution in [0.25, 0.3) is 11.1 Å². The molecule has 3 aromatic carbocycles. The van der Waals surface area contributed by atoms with Crippen molar-refractivity contribution in [2.45, 2.75) is 26.4 Å². The second-order valence-electron chi connectivity index (χ2n) is 7.80. The molecule has 0 amide bonds. The highest BCUT2D eigenvalue weighted by Crippen LogP contribution is 2.23. The van der Waals surface area contributed by atoms with E-state index in [4.69, 9.17) is 14.2 Å². The third kappa shape index (κ3) is 7.48. The Morgan fingerprint density at radius 1 is 0.824 bits per heavy atom. The van der Waals surface area contributed by atoms with Gasteiger partial charge in [0, 0.05) is 11.6 Å². The van der Waals surface area contributed by atoms with Gasteiger partial charge in [-0.05, 0) is 66.3 Å². The zero-order valence-corrected chi connectivity index (χ0v) is 19.3. The Labute approximate surface area is 200 Å². The maximum atomic E-state index is 11.4. The summed E-state index contributed by atoms with van der Waals surface area (Å²) < 4.78 is 16.1. The molecule has 0 atom stereocenters. The van der Waals surface area contributed by atoms with Crippen LogP contribution in [0.4, 0.5) is 0 Å². The summed E-state index contributed by atoms with van der Waals surface area (Å²) in [5.74, 6) is 0.455. The molecule has 0 N–H and O–H groups in total. The average Bonchev–Trinajstić information content (AvgIpc) is 2.86. The normalized spacial score (nSPS) is 10.3. The van der Waals surface area contributed by atoms with Gasteiger partial charge in [0.25, 0.3) is 0 Å². The largest absolute Gasteiger partial charge is 0.489 e. The summed E-state index contributed by atoms with van der Waals surface area (Å²) in [4.78, 5) is 22.7. The molecule has 0 radical (unpaired) electrons. The molecule has 0 bridgehead atoms. The van der Waals surface area contributed by atoms with Gasteiger partial charge in [-0.25, -0.2) is 9.59 Å². The zero-order valence-electron chi connectivity index (χ0n) is 19.3. The monoisotopic (exact) mass is 456 g/mol. The van der Waals surface area contributed by atoms with Gasteiger partial charge in [0.15, 0.2) is 0 Å². The van der Waals surface area contributed by atoms with Gasteiger partial charge >= 0.3 is 11.9 Å². The van der Waals surface area contributed by atoms with Gasteiger partial charge in [0.05, 0.1) is 6.61 Å². The minimum Gasteiger partial charge on any atom is -0.489 e. The first-order valence-corrected chi connectivity index (χ1v) is 11.0. The van der Waals surface area contributed by atoms with Crippen molar-refractivity contribution in [2.24, 2.45) is 0 Å². The number of esters is 2. The number of ether oxygens (including phenoxy) is 3. The Balaban J connectivity index is 1.46. The van der Waals surface area contributed by atoms with Gasteiger partial charge in [-0.1, -0.05) is 61.7 Å². The van der Waals surface area contributed by atoms with Crippen LogP contribution in [0, 0.1) is 0 Å². The summed E-state index contributed by atoms with van der Waals surface area (Å²) in [6.45, 7) is 9.44. The van der Waals surface area contributed by atoms with Gasteiger partial charge in [0.1, 0.15) is 18.1 Å². The van der Waals surface area contributed by atoms with E-state index in [1.54, 1.807) is 19.1 Å². The van der Waals surface area contributed by atoms with E-state index in [0.717, 1.165) is 46.9 Å². The van der Waals surface area contributed by atoms with Crippen molar-refractivity contribution in [1.82, 2.24) is 0 Å². The van der Waals surface area contributed by atoms with Crippen molar-refractivity contribution in [3.05, 3.63) is 109 Å². The maximum Gasteiger partial charge on any atom is 0.335 e. The number of hydrogen-bond donors (Lipinski definition) is 0. The lowest BCUT2D eigenvalue weighted by molar-refractivity contribution is -0.139. The van der Waals surface area contributed by atoms with Crippen LogP contribution in [0.1, 0.15) is 24.5 Å². The number of aryl methyl sites for hydroxylation is 1. The summed E-state index contributed by atoms with van der Waals surface area (Å²) in [5, 5.41) is 0. The third-order valence-corrected chi connectivity index (χ3v) is 5.05. The molecule has 0 spiro atoms. The lowest BCUT2D eigenvalue weighted by atomic mass is 10.0. The summed E-state index contributed by atoms with van der Waals surface area (Å²) >= 11 is 0. The molecule has 0 saturated carbocycles. The van der Waals surface area contributed by atoms with Crippen LogP contribution >= 0.6 is 0 Å². The first kappa shape index (κ1) is 24.5. The van der Waals surface area contributed by atoms with E-state index >= 15 is 0 Å². The molecule has 0 aliphatic carbocycles. The first-order valence-electron chi connectivity index (χ1n) is 11.0. The lowest BCUT2D eigenvalue weighted by Gasteiger charge is -2.09. The van der Waals surface area contributed by atoms with Crippen LogP contribution in [-0.4, -0.2) is 18.5 Å². The fourth-order valence-electron chi connectivity index (χ4n) is 3.15. The van der Waals surface area contributed by atoms with E-state index in [0.29, 0.717) is 24.5 Å². The van der Waals surface area contributed by atoms with Gasteiger partial charge < -0.3 is 14.2 Å². The SMILES string of the molecule is C=CC(=O)Oc1ccc(-c2ccc(COc3ccc(CCCOC(=O)C(=C)C)cc3)cc2)cc1. The Morgan fingerprint density at radius 2 is 1.38 bits per heavy atom. The molecule has 34 heavy (non-hydrogen) atoms. The molecule has 0 aromatic heterocycles. The smallest absolute Gasteiger partial charge is 0.335 e. The van der Waals surface area contributed by atoms with Crippen molar-refractivity contribution in [2.75, 3.05) is 6.61 Å². The summed E-state index contributed by atoms with van der Waals surface area (Å²) in [6.07, 6.45) is 2.72. The van der Waals surface area contributed by atoms with Gasteiger partial charge in [0.2, 0.25) is 0 Å². The number of benzene rings is 3. The van der Waals surface area contributed by atoms with Gasteiger partial charge in [-0.15, -0.1) is 0 Å². The summed E-state index contributed by atoms with van der Waals surface area (Å²) in [5.41, 5.74) is 4.72. The van der Waals surface area contributed by atoms with E-state index < -0.39 is 5.97 Å². The fraction of sp³-hybridized carbons (Fsp3) is 0.172. The average molecular weight is 457 g/mol. The number of carbonyl (C=O) groups is 2. The highest BCUT2D eigenvalue weighted by Gasteiger charge is 2.04. The molecule has 5 nitrogen and oxygen atoms in total. The van der Waals surface area contributed by atoms with E-state index in [2.05, 4.69) is 13.2 Å². The molecule has 0 fully saturated rings. The van der Waals surface area contributed by atoms with Gasteiger partial charge in [-0.3, -0.25) is 0 Å². The van der Waals surface area contributed by atoms with Crippen LogP contribution in [0.2, 0.25) is 0 Å². The molecule has 5 heteroatoms. The second-order valence-corrected chi connectivity index (χ2v) is 7.80. The van der Waals surface area contributed by atoms with E-state index in [-0.39, 0.29) is 5.97 Å². The van der Waals surface area contributed by atoms with Crippen LogP contribution in [0.3, 0.4) is 0 Å². The van der Waals surface area contributed by atoms with E-state index in [1.807, 2.05) is 60.7 Å². The van der Waals surface area contributed by atoms with Crippen LogP contribution in [0.15, 0.2) is 97.6 Å². The fourth-order valence-corrected chi connectivity index (χ4v) is 3.15. The molecule has 0 heterocycles. The summed E-state index contributed by atoms with van der Waals surface area (Å²) in [6, 6.07) is 23.4. The molecule has 3 rings (SSSR count). The minimum absolute atomic E-state index is 0.346. The highest BCUT2D eigenvalue weighted by molar-refractivity contribution is 5.86. The quantitative estimate of drug-likeness (QED) is 0.152. The van der Waals surface area contributed by atoms with E-state index in [9.17, 15) is 9.59 Å². The van der Waals surface area contributed by atoms with Crippen molar-refractivity contribution in [3.8, 4) is 22.6 Å². The third-order valence-electron chi connectivity index (χ3n) is 5.05. The van der Waals surface area contributed by atoms with Crippen molar-refractivity contribution in [1.29, 1.82) is 0 Å². The Bertz CT molecular complexity index is 1130. The lowest BCUT2D eigenvalue weighted by Crippen LogP contribution is -2.06. The topological polar surface area (TPSA) is 61.8 Å². The van der Waals surface area contributed by atoms with Crippen molar-refractivity contribution < 1.29 is 23.8 Å². The molecular formula is C29H28O5. The number of carbonyl (C=O) groups excluding carboxylic acids is 2. The number of rotatable bonds is 11. The predicted molar refractivity (Wildman–Crippen MR) is 133 cm³/mol. The summed E-state index contributed by atoms with van der Waals surface area (Å²) in [7, 11) is 0. The highest BCUT2D eigenvalue weighted by atomic mass is 16.5. The molecular weight excluding hydrogens is 428 g/mol. The zero-order chi connectivity index (χ0) is 24.3. The predicted octanol–water partition coefficient (Wildman–Crippen LogP) is 6.08. The maximum absolute atomic E-state index is 11.4. The second kappa shape index (κ2) is 12.2. The standard InChI is InChI=1S/C29H28O5/c1-4-28(30)34-27-17-13-25(14-18-27)24-11-7-23(8-12-24)20-33-26-15-9-22(10-16-26)6-5-19-32-29(31)21(2)3/h4,7-18H,1-2,5-6,19-20H2,3H3. The Morgan fingerprint density at radius 3 is 1.97 bits per heavy atom. The first-order chi connectivity index (χ1) is 16.4. The van der Waals surface area contributed by atoms with Crippen LogP contribution < -0.4 is 9.47 Å². The molecule has 0 aliphatic heterocycles. The molecule has 3 aromatic rings. The Hall–Kier alpha value is -4.12. The Kier molecular flexibility index (Phi) is 8.81. The van der Waals surface area contributed by atoms with E-state index in [1.165, 1.54) is 0 Å². The molecule has 0 saturated heterocycles. The van der Waals surface area contributed by atoms with Crippen molar-refractivity contribution >= 4 is 11.9 Å². The number of hydrogen-bond acceptors (Lipinski definition) is 5. The van der Waals surface area contributed by atoms with Gasteiger partial charge in [-0.2, -0.15) is 0 Å². The molecule has 174 valence electrons. The van der Waals surface area contributed by atoms with Crippen LogP contribution in [-0.2, 0) is 27.4 Å². The molecule has 0 unspecified atom stereocenters. The minimum atomic E-state index is -0.478. The van der Waals surface area contributed by atoms with Crippen molar-refractivity contribution in [3.63, 3.8) is 0 Å². The van der Waals surface area contributed by atoms with Crippen LogP contribution in [0.5, 0.6) is 11.5 Å². The molecule has 0 aliphatic rings.